The van der Waals surface area contributed by atoms with Gasteiger partial charge in [0.2, 0.25) is 0 Å². The molecule has 0 radical (unpaired) electrons. The van der Waals surface area contributed by atoms with Gasteiger partial charge in [-0.2, -0.15) is 0 Å². The second-order valence-corrected chi connectivity index (χ2v) is 10.8. The summed E-state index contributed by atoms with van der Waals surface area (Å²) in [5, 5.41) is 7.84. The molecule has 2 heterocycles. The van der Waals surface area contributed by atoms with E-state index in [-0.39, 0.29) is 40.6 Å². The van der Waals surface area contributed by atoms with Gasteiger partial charge in [0.05, 0.1) is 34.0 Å². The normalized spacial score (nSPS) is 11.0. The zero-order valence-corrected chi connectivity index (χ0v) is 25.9. The number of hydrogen-bond donors (Lipinski definition) is 1. The number of hydrogen-bond acceptors (Lipinski definition) is 7. The summed E-state index contributed by atoms with van der Waals surface area (Å²) in [6.45, 7) is 5.42. The zero-order valence-electron chi connectivity index (χ0n) is 25.2. The highest BCUT2D eigenvalue weighted by atomic mass is 35.5. The van der Waals surface area contributed by atoms with E-state index in [2.05, 4.69) is 10.5 Å². The van der Waals surface area contributed by atoms with E-state index < -0.39 is 17.8 Å². The number of aryl methyl sites for hydroxylation is 1. The van der Waals surface area contributed by atoms with E-state index in [9.17, 15) is 14.4 Å². The molecule has 0 atom stereocenters. The van der Waals surface area contributed by atoms with Gasteiger partial charge in [0.1, 0.15) is 22.8 Å². The molecule has 0 saturated carbocycles. The van der Waals surface area contributed by atoms with Crippen molar-refractivity contribution in [2.75, 3.05) is 11.9 Å². The molecule has 0 aliphatic rings. The Hall–Kier alpha value is -5.67. The summed E-state index contributed by atoms with van der Waals surface area (Å²) >= 11 is 6.37. The van der Waals surface area contributed by atoms with Crippen LogP contribution in [-0.2, 0) is 4.74 Å². The first kappa shape index (κ1) is 30.4. The quantitative estimate of drug-likeness (QED) is 0.133. The second-order valence-electron chi connectivity index (χ2n) is 10.4. The van der Waals surface area contributed by atoms with Crippen LogP contribution in [0.15, 0.2) is 102 Å². The van der Waals surface area contributed by atoms with Crippen LogP contribution in [0, 0.1) is 13.8 Å². The molecule has 0 saturated heterocycles. The van der Waals surface area contributed by atoms with Crippen molar-refractivity contribution >= 4 is 46.0 Å². The van der Waals surface area contributed by atoms with Gasteiger partial charge >= 0.3 is 11.9 Å². The van der Waals surface area contributed by atoms with Crippen molar-refractivity contribution in [2.24, 2.45) is 0 Å². The van der Waals surface area contributed by atoms with E-state index in [1.165, 1.54) is 0 Å². The van der Waals surface area contributed by atoms with Crippen LogP contribution in [0.5, 0.6) is 5.75 Å². The lowest BCUT2D eigenvalue weighted by atomic mass is 10.1. The molecule has 9 nitrogen and oxygen atoms in total. The van der Waals surface area contributed by atoms with E-state index in [4.69, 9.17) is 25.6 Å². The fourth-order valence-electron chi connectivity index (χ4n) is 5.43. The van der Waals surface area contributed by atoms with Crippen LogP contribution in [-0.4, -0.2) is 34.2 Å². The van der Waals surface area contributed by atoms with Crippen molar-refractivity contribution in [3.63, 3.8) is 0 Å². The van der Waals surface area contributed by atoms with Crippen LogP contribution in [0.2, 0.25) is 5.02 Å². The number of nitrogens with zero attached hydrogens (tertiary/aromatic N) is 2. The molecule has 230 valence electrons. The number of carbonyl (C=O) groups is 3. The molecule has 6 rings (SSSR count). The number of anilines is 1. The highest BCUT2D eigenvalue weighted by molar-refractivity contribution is 6.33. The average Bonchev–Trinajstić information content (AvgIpc) is 3.58. The summed E-state index contributed by atoms with van der Waals surface area (Å²) < 4.78 is 18.5. The number of aromatic nitrogens is 2. The third kappa shape index (κ3) is 5.64. The predicted octanol–water partition coefficient (Wildman–Crippen LogP) is 8.20. The summed E-state index contributed by atoms with van der Waals surface area (Å²) in [7, 11) is 0. The van der Waals surface area contributed by atoms with Gasteiger partial charge in [-0.1, -0.05) is 65.3 Å². The topological polar surface area (TPSA) is 113 Å². The lowest BCUT2D eigenvalue weighted by molar-refractivity contribution is 0.0527. The van der Waals surface area contributed by atoms with Gasteiger partial charge in [-0.3, -0.25) is 4.79 Å². The minimum atomic E-state index is -0.708. The Kier molecular flexibility index (Phi) is 8.41. The van der Waals surface area contributed by atoms with Crippen molar-refractivity contribution in [1.29, 1.82) is 0 Å². The van der Waals surface area contributed by atoms with Gasteiger partial charge in [-0.05, 0) is 69.3 Å². The maximum Gasteiger partial charge on any atom is 0.345 e. The molecule has 0 bridgehead atoms. The van der Waals surface area contributed by atoms with Crippen molar-refractivity contribution < 1.29 is 28.4 Å². The molecule has 0 fully saturated rings. The maximum absolute atomic E-state index is 13.5. The average molecular weight is 634 g/mol. The molecule has 0 unspecified atom stereocenters. The number of carbonyl (C=O) groups excluding carboxylic acids is 3. The number of rotatable bonds is 8. The van der Waals surface area contributed by atoms with Crippen LogP contribution in [0.3, 0.4) is 0 Å². The van der Waals surface area contributed by atoms with Gasteiger partial charge in [-0.25, -0.2) is 9.59 Å². The fraction of sp³-hybridized carbons (Fsp3) is 0.111. The molecular formula is C36H28ClN3O6. The molecule has 2 aromatic heterocycles. The summed E-state index contributed by atoms with van der Waals surface area (Å²) in [5.41, 5.74) is 4.04. The van der Waals surface area contributed by atoms with Crippen LogP contribution < -0.4 is 10.1 Å². The number of benzene rings is 4. The molecule has 1 N–H and O–H groups in total. The molecule has 4 aromatic carbocycles. The molecule has 0 aliphatic carbocycles. The molecule has 0 aliphatic heterocycles. The Morgan fingerprint density at radius 2 is 1.59 bits per heavy atom. The van der Waals surface area contributed by atoms with Gasteiger partial charge in [-0.15, -0.1) is 0 Å². The standard InChI is InChI=1S/C36H28ClN3O6/c1-4-44-36(43)31-21(2)40(23-12-6-5-7-13-23)30-19-18-24(20-27(30)31)45-35(42)26-15-9-11-17-29(26)38-34(41)32-22(3)46-39-33(32)25-14-8-10-16-28(25)37/h5-20H,4H2,1-3H3,(H,38,41). The molecule has 6 aromatic rings. The van der Waals surface area contributed by atoms with Gasteiger partial charge in [0.15, 0.2) is 0 Å². The van der Waals surface area contributed by atoms with Crippen molar-refractivity contribution in [1.82, 2.24) is 9.72 Å². The SMILES string of the molecule is CCOC(=O)c1c(C)n(-c2ccccc2)c2ccc(OC(=O)c3ccccc3NC(=O)c3c(-c4ccccc4Cl)noc3C)cc12. The highest BCUT2D eigenvalue weighted by Gasteiger charge is 2.26. The summed E-state index contributed by atoms with van der Waals surface area (Å²) in [6.07, 6.45) is 0. The number of para-hydroxylation sites is 2. The highest BCUT2D eigenvalue weighted by Crippen LogP contribution is 2.34. The summed E-state index contributed by atoms with van der Waals surface area (Å²) in [4.78, 5) is 40.1. The Labute approximate surface area is 269 Å². The number of amides is 1. The monoisotopic (exact) mass is 633 g/mol. The Bertz CT molecular complexity index is 2120. The Balaban J connectivity index is 1.32. The number of ether oxygens (including phenoxy) is 2. The lowest BCUT2D eigenvalue weighted by Crippen LogP contribution is -2.18. The number of nitrogens with one attached hydrogen (secondary N) is 1. The van der Waals surface area contributed by atoms with Crippen molar-refractivity contribution in [3.8, 4) is 22.7 Å². The Morgan fingerprint density at radius 1 is 0.870 bits per heavy atom. The molecule has 10 heteroatoms. The largest absolute Gasteiger partial charge is 0.462 e. The van der Waals surface area contributed by atoms with Crippen LogP contribution in [0.1, 0.15) is 49.5 Å². The fourth-order valence-corrected chi connectivity index (χ4v) is 5.65. The van der Waals surface area contributed by atoms with Crippen molar-refractivity contribution in [2.45, 2.75) is 20.8 Å². The third-order valence-electron chi connectivity index (χ3n) is 7.49. The number of esters is 2. The maximum atomic E-state index is 13.5. The van der Waals surface area contributed by atoms with Crippen LogP contribution in [0.4, 0.5) is 5.69 Å². The number of halogens is 1. The smallest absolute Gasteiger partial charge is 0.345 e. The van der Waals surface area contributed by atoms with Crippen LogP contribution in [0.25, 0.3) is 27.8 Å². The number of fused-ring (bicyclic) bond motifs is 1. The summed E-state index contributed by atoms with van der Waals surface area (Å²) in [5.74, 6) is -1.22. The first-order valence-corrected chi connectivity index (χ1v) is 14.9. The van der Waals surface area contributed by atoms with E-state index in [1.54, 1.807) is 80.6 Å². The van der Waals surface area contributed by atoms with Crippen LogP contribution >= 0.6 is 11.6 Å². The minimum absolute atomic E-state index is 0.119. The first-order valence-electron chi connectivity index (χ1n) is 14.5. The van der Waals surface area contributed by atoms with E-state index >= 15 is 0 Å². The molecule has 1 amide bonds. The second kappa shape index (κ2) is 12.7. The van der Waals surface area contributed by atoms with Crippen molar-refractivity contribution in [3.05, 3.63) is 130 Å². The molecular weight excluding hydrogens is 606 g/mol. The van der Waals surface area contributed by atoms with Gasteiger partial charge < -0.3 is 23.9 Å². The van der Waals surface area contributed by atoms with E-state index in [0.717, 1.165) is 11.2 Å². The minimum Gasteiger partial charge on any atom is -0.462 e. The predicted molar refractivity (Wildman–Crippen MR) is 175 cm³/mol. The Morgan fingerprint density at radius 3 is 2.35 bits per heavy atom. The lowest BCUT2D eigenvalue weighted by Gasteiger charge is -2.12. The van der Waals surface area contributed by atoms with E-state index in [1.807, 2.05) is 41.8 Å². The molecule has 46 heavy (non-hydrogen) atoms. The van der Waals surface area contributed by atoms with Gasteiger partial charge in [0, 0.05) is 22.3 Å². The molecule has 0 spiro atoms. The zero-order chi connectivity index (χ0) is 32.4. The van der Waals surface area contributed by atoms with Gasteiger partial charge in [0.25, 0.3) is 5.91 Å². The third-order valence-corrected chi connectivity index (χ3v) is 7.82. The first-order chi connectivity index (χ1) is 22.3. The van der Waals surface area contributed by atoms with E-state index in [0.29, 0.717) is 27.2 Å². The summed E-state index contributed by atoms with van der Waals surface area (Å²) in [6, 6.07) is 28.2.